The molecule has 6 nitrogen and oxygen atoms in total. The van der Waals surface area contributed by atoms with Gasteiger partial charge in [0.1, 0.15) is 6.61 Å². The summed E-state index contributed by atoms with van der Waals surface area (Å²) in [6.45, 7) is 4.68. The Hall–Kier alpha value is -2.57. The van der Waals surface area contributed by atoms with Crippen LogP contribution in [0.3, 0.4) is 0 Å². The molecule has 0 bridgehead atoms. The van der Waals surface area contributed by atoms with Crippen LogP contribution in [0.2, 0.25) is 0 Å². The van der Waals surface area contributed by atoms with E-state index in [0.29, 0.717) is 32.8 Å². The topological polar surface area (TPSA) is 70.1 Å². The molecule has 1 N–H and O–H groups in total. The number of hydrogen-bond acceptors (Lipinski definition) is 4. The van der Waals surface area contributed by atoms with Crippen LogP contribution in [0.5, 0.6) is 0 Å². The minimum atomic E-state index is -0.795. The SMILES string of the molecule is CC(CC(=O)O)N1CCN(C(=O)OCC2c3ccccc3-c3ccccc32)CC1.Cl. The number of benzene rings is 2. The Morgan fingerprint density at radius 2 is 1.53 bits per heavy atom. The number of carboxylic acids is 1. The molecule has 1 heterocycles. The molecule has 1 amide bonds. The van der Waals surface area contributed by atoms with Crippen LogP contribution in [-0.2, 0) is 9.53 Å². The van der Waals surface area contributed by atoms with Gasteiger partial charge in [-0.15, -0.1) is 12.4 Å². The summed E-state index contributed by atoms with van der Waals surface area (Å²) in [5, 5.41) is 8.96. The van der Waals surface area contributed by atoms with Crippen LogP contribution in [0.1, 0.15) is 30.4 Å². The third-order valence-corrected chi connectivity index (χ3v) is 6.00. The lowest BCUT2D eigenvalue weighted by molar-refractivity contribution is -0.138. The van der Waals surface area contributed by atoms with Gasteiger partial charge in [-0.3, -0.25) is 9.69 Å². The van der Waals surface area contributed by atoms with Gasteiger partial charge in [0.25, 0.3) is 0 Å². The fourth-order valence-corrected chi connectivity index (χ4v) is 4.41. The fraction of sp³-hybridized carbons (Fsp3) is 0.391. The summed E-state index contributed by atoms with van der Waals surface area (Å²) < 4.78 is 5.71. The molecule has 1 fully saturated rings. The molecule has 1 atom stereocenters. The third kappa shape index (κ3) is 4.45. The maximum Gasteiger partial charge on any atom is 0.409 e. The van der Waals surface area contributed by atoms with Crippen molar-refractivity contribution in [2.75, 3.05) is 32.8 Å². The van der Waals surface area contributed by atoms with E-state index < -0.39 is 5.97 Å². The minimum absolute atomic E-state index is 0. The second kappa shape index (κ2) is 9.49. The van der Waals surface area contributed by atoms with Crippen molar-refractivity contribution in [2.24, 2.45) is 0 Å². The molecule has 30 heavy (non-hydrogen) atoms. The molecule has 2 aromatic carbocycles. The number of carboxylic acid groups (broad SMARTS) is 1. The average molecular weight is 431 g/mol. The van der Waals surface area contributed by atoms with Gasteiger partial charge in [-0.2, -0.15) is 0 Å². The Bertz CT molecular complexity index is 866. The molecule has 160 valence electrons. The van der Waals surface area contributed by atoms with Crippen molar-refractivity contribution in [2.45, 2.75) is 25.3 Å². The van der Waals surface area contributed by atoms with E-state index in [-0.39, 0.29) is 36.9 Å². The number of rotatable bonds is 5. The molecule has 2 aliphatic rings. The first-order valence-corrected chi connectivity index (χ1v) is 10.1. The van der Waals surface area contributed by atoms with Crippen molar-refractivity contribution in [1.82, 2.24) is 9.80 Å². The third-order valence-electron chi connectivity index (χ3n) is 6.00. The summed E-state index contributed by atoms with van der Waals surface area (Å²) in [7, 11) is 0. The summed E-state index contributed by atoms with van der Waals surface area (Å²) in [5.74, 6) is -0.736. The Morgan fingerprint density at radius 3 is 2.07 bits per heavy atom. The molecule has 0 aromatic heterocycles. The van der Waals surface area contributed by atoms with E-state index in [9.17, 15) is 9.59 Å². The Kier molecular flexibility index (Phi) is 7.00. The number of carbonyl (C=O) groups excluding carboxylic acids is 1. The zero-order valence-corrected chi connectivity index (χ0v) is 17.8. The molecule has 0 saturated carbocycles. The zero-order chi connectivity index (χ0) is 20.4. The van der Waals surface area contributed by atoms with Crippen LogP contribution in [0.4, 0.5) is 4.79 Å². The van der Waals surface area contributed by atoms with Crippen molar-refractivity contribution in [3.05, 3.63) is 59.7 Å². The number of aliphatic carboxylic acids is 1. The normalized spacial score (nSPS) is 16.9. The van der Waals surface area contributed by atoms with Gasteiger partial charge in [-0.05, 0) is 29.2 Å². The van der Waals surface area contributed by atoms with Crippen molar-refractivity contribution in [1.29, 1.82) is 0 Å². The number of fused-ring (bicyclic) bond motifs is 3. The molecular weight excluding hydrogens is 404 g/mol. The monoisotopic (exact) mass is 430 g/mol. The highest BCUT2D eigenvalue weighted by Crippen LogP contribution is 2.44. The van der Waals surface area contributed by atoms with Gasteiger partial charge in [-0.1, -0.05) is 48.5 Å². The molecule has 4 rings (SSSR count). The summed E-state index contributed by atoms with van der Waals surface area (Å²) in [5.41, 5.74) is 4.83. The van der Waals surface area contributed by atoms with Gasteiger partial charge in [0.2, 0.25) is 0 Å². The van der Waals surface area contributed by atoms with Crippen molar-refractivity contribution >= 4 is 24.5 Å². The quantitative estimate of drug-likeness (QED) is 0.780. The van der Waals surface area contributed by atoms with Gasteiger partial charge in [-0.25, -0.2) is 4.79 Å². The van der Waals surface area contributed by atoms with Crippen LogP contribution in [0, 0.1) is 0 Å². The highest BCUT2D eigenvalue weighted by atomic mass is 35.5. The molecule has 2 aromatic rings. The highest BCUT2D eigenvalue weighted by molar-refractivity contribution is 5.85. The highest BCUT2D eigenvalue weighted by Gasteiger charge is 2.31. The summed E-state index contributed by atoms with van der Waals surface area (Å²) in [4.78, 5) is 27.4. The second-order valence-electron chi connectivity index (χ2n) is 7.77. The van der Waals surface area contributed by atoms with E-state index in [4.69, 9.17) is 9.84 Å². The lowest BCUT2D eigenvalue weighted by Crippen LogP contribution is -2.51. The zero-order valence-electron chi connectivity index (χ0n) is 17.0. The Balaban J connectivity index is 0.00000256. The van der Waals surface area contributed by atoms with E-state index in [1.807, 2.05) is 31.2 Å². The molecule has 1 aliphatic heterocycles. The summed E-state index contributed by atoms with van der Waals surface area (Å²) in [6, 6.07) is 16.5. The average Bonchev–Trinajstić information content (AvgIpc) is 3.05. The lowest BCUT2D eigenvalue weighted by atomic mass is 9.98. The molecule has 1 unspecified atom stereocenters. The van der Waals surface area contributed by atoms with E-state index in [1.165, 1.54) is 22.3 Å². The first-order valence-electron chi connectivity index (χ1n) is 10.1. The second-order valence-corrected chi connectivity index (χ2v) is 7.77. The van der Waals surface area contributed by atoms with E-state index >= 15 is 0 Å². The van der Waals surface area contributed by atoms with Gasteiger partial charge >= 0.3 is 12.1 Å². The number of ether oxygens (including phenoxy) is 1. The van der Waals surface area contributed by atoms with Gasteiger partial charge in [0.05, 0.1) is 6.42 Å². The molecule has 1 aliphatic carbocycles. The predicted molar refractivity (Wildman–Crippen MR) is 117 cm³/mol. The van der Waals surface area contributed by atoms with Gasteiger partial charge in [0, 0.05) is 38.1 Å². The number of amides is 1. The number of piperazine rings is 1. The van der Waals surface area contributed by atoms with Crippen molar-refractivity contribution in [3.8, 4) is 11.1 Å². The number of nitrogens with zero attached hydrogens (tertiary/aromatic N) is 2. The minimum Gasteiger partial charge on any atom is -0.481 e. The Morgan fingerprint density at radius 1 is 1.00 bits per heavy atom. The Labute approximate surface area is 182 Å². The van der Waals surface area contributed by atoms with Crippen LogP contribution in [0.15, 0.2) is 48.5 Å². The molecule has 0 radical (unpaired) electrons. The van der Waals surface area contributed by atoms with Crippen LogP contribution in [-0.4, -0.2) is 65.8 Å². The first kappa shape index (κ1) is 22.1. The number of hydrogen-bond donors (Lipinski definition) is 1. The molecule has 0 spiro atoms. The van der Waals surface area contributed by atoms with Gasteiger partial charge < -0.3 is 14.7 Å². The first-order chi connectivity index (χ1) is 14.0. The molecule has 1 saturated heterocycles. The predicted octanol–water partition coefficient (Wildman–Crippen LogP) is 3.84. The van der Waals surface area contributed by atoms with E-state index in [2.05, 4.69) is 29.2 Å². The standard InChI is InChI=1S/C23H26N2O4.ClH/c1-16(14-22(26)27)24-10-12-25(13-11-24)23(28)29-15-21-19-8-4-2-6-17(19)18-7-3-5-9-20(18)21;/h2-9,16,21H,10-15H2,1H3,(H,26,27);1H. The largest absolute Gasteiger partial charge is 0.481 e. The maximum absolute atomic E-state index is 12.6. The van der Waals surface area contributed by atoms with Crippen molar-refractivity contribution < 1.29 is 19.4 Å². The van der Waals surface area contributed by atoms with Crippen LogP contribution < -0.4 is 0 Å². The summed E-state index contributed by atoms with van der Waals surface area (Å²) in [6.07, 6.45) is -0.178. The number of halogens is 1. The maximum atomic E-state index is 12.6. The molecule has 7 heteroatoms. The van der Waals surface area contributed by atoms with Gasteiger partial charge in [0.15, 0.2) is 0 Å². The number of carbonyl (C=O) groups is 2. The summed E-state index contributed by atoms with van der Waals surface area (Å²) >= 11 is 0. The fourth-order valence-electron chi connectivity index (χ4n) is 4.41. The van der Waals surface area contributed by atoms with Crippen LogP contribution >= 0.6 is 12.4 Å². The molecular formula is C23H27ClN2O4. The lowest BCUT2D eigenvalue weighted by Gasteiger charge is -2.37. The van der Waals surface area contributed by atoms with Crippen LogP contribution in [0.25, 0.3) is 11.1 Å². The smallest absolute Gasteiger partial charge is 0.409 e. The van der Waals surface area contributed by atoms with Crippen molar-refractivity contribution in [3.63, 3.8) is 0 Å². The van der Waals surface area contributed by atoms with E-state index in [1.54, 1.807) is 4.90 Å². The van der Waals surface area contributed by atoms with E-state index in [0.717, 1.165) is 0 Å².